The second-order valence-corrected chi connectivity index (χ2v) is 7.93. The predicted octanol–water partition coefficient (Wildman–Crippen LogP) is 1.72. The minimum absolute atomic E-state index is 0.105. The number of amides is 1. The highest BCUT2D eigenvalue weighted by Gasteiger charge is 2.40. The predicted molar refractivity (Wildman–Crippen MR) is 105 cm³/mol. The second kappa shape index (κ2) is 7.82. The molecular formula is C21H29N5O. The average Bonchev–Trinajstić information content (AvgIpc) is 3.10. The van der Waals surface area contributed by atoms with Crippen LogP contribution in [0.25, 0.3) is 0 Å². The molecule has 27 heavy (non-hydrogen) atoms. The maximum atomic E-state index is 11.8. The lowest BCUT2D eigenvalue weighted by atomic mass is 9.86. The summed E-state index contributed by atoms with van der Waals surface area (Å²) < 4.78 is 1.98. The molecule has 144 valence electrons. The second-order valence-electron chi connectivity index (χ2n) is 7.93. The van der Waals surface area contributed by atoms with E-state index in [-0.39, 0.29) is 11.4 Å². The molecule has 4 rings (SSSR count). The van der Waals surface area contributed by atoms with E-state index in [1.807, 2.05) is 23.1 Å². The van der Waals surface area contributed by atoms with E-state index in [1.165, 1.54) is 11.1 Å². The van der Waals surface area contributed by atoms with E-state index in [1.54, 1.807) is 0 Å². The summed E-state index contributed by atoms with van der Waals surface area (Å²) in [7, 11) is 2.22. The van der Waals surface area contributed by atoms with Crippen LogP contribution in [0.5, 0.6) is 0 Å². The van der Waals surface area contributed by atoms with E-state index in [0.717, 1.165) is 52.1 Å². The van der Waals surface area contributed by atoms with Gasteiger partial charge in [-0.2, -0.15) is 5.10 Å². The number of nitrogens with zero attached hydrogens (tertiary/aromatic N) is 4. The van der Waals surface area contributed by atoms with Crippen molar-refractivity contribution in [2.45, 2.75) is 37.9 Å². The van der Waals surface area contributed by atoms with Gasteiger partial charge in [-0.3, -0.25) is 19.3 Å². The van der Waals surface area contributed by atoms with Crippen LogP contribution in [0.3, 0.4) is 0 Å². The molecule has 2 aliphatic rings. The molecule has 0 aliphatic carbocycles. The number of piperazine rings is 1. The third kappa shape index (κ3) is 4.06. The van der Waals surface area contributed by atoms with Crippen molar-refractivity contribution in [2.75, 3.05) is 33.2 Å². The summed E-state index contributed by atoms with van der Waals surface area (Å²) in [6.07, 6.45) is 6.45. The first-order valence-corrected chi connectivity index (χ1v) is 9.89. The fraction of sp³-hybridized carbons (Fsp3) is 0.524. The number of nitrogens with one attached hydrogen (secondary N) is 1. The lowest BCUT2D eigenvalue weighted by Crippen LogP contribution is -2.60. The Morgan fingerprint density at radius 3 is 2.70 bits per heavy atom. The largest absolute Gasteiger partial charge is 0.356 e. The Morgan fingerprint density at radius 1 is 1.11 bits per heavy atom. The molecular weight excluding hydrogens is 338 g/mol. The molecule has 2 fully saturated rings. The molecule has 6 heteroatoms. The lowest BCUT2D eigenvalue weighted by molar-refractivity contribution is -0.121. The van der Waals surface area contributed by atoms with Gasteiger partial charge in [0.2, 0.25) is 5.91 Å². The molecule has 1 N–H and O–H groups in total. The summed E-state index contributed by atoms with van der Waals surface area (Å²) in [5.74, 6) is 0.196. The molecule has 1 aromatic heterocycles. The Hall–Kier alpha value is -2.18. The van der Waals surface area contributed by atoms with Crippen LogP contribution in [-0.2, 0) is 17.9 Å². The molecule has 6 nitrogen and oxygen atoms in total. The molecule has 1 aromatic carbocycles. The molecule has 1 amide bonds. The Labute approximate surface area is 161 Å². The molecule has 1 atom stereocenters. The summed E-state index contributed by atoms with van der Waals surface area (Å²) in [5, 5.41) is 7.39. The van der Waals surface area contributed by atoms with Crippen LogP contribution in [0.4, 0.5) is 0 Å². The Balaban J connectivity index is 1.49. The highest BCUT2D eigenvalue weighted by molar-refractivity contribution is 5.76. The highest BCUT2D eigenvalue weighted by atomic mass is 16.1. The van der Waals surface area contributed by atoms with Gasteiger partial charge in [0.1, 0.15) is 0 Å². The van der Waals surface area contributed by atoms with Crippen LogP contribution in [0.2, 0.25) is 0 Å². The van der Waals surface area contributed by atoms with Crippen molar-refractivity contribution in [1.29, 1.82) is 0 Å². The van der Waals surface area contributed by atoms with Crippen LogP contribution in [0.1, 0.15) is 30.4 Å². The Morgan fingerprint density at radius 2 is 1.93 bits per heavy atom. The van der Waals surface area contributed by atoms with Gasteiger partial charge in [-0.05, 0) is 37.1 Å². The third-order valence-corrected chi connectivity index (χ3v) is 6.21. The first-order valence-electron chi connectivity index (χ1n) is 9.89. The summed E-state index contributed by atoms with van der Waals surface area (Å²) in [5.41, 5.74) is 2.80. The average molecular weight is 367 g/mol. The van der Waals surface area contributed by atoms with Crippen molar-refractivity contribution >= 4 is 5.91 Å². The van der Waals surface area contributed by atoms with Crippen LogP contribution < -0.4 is 5.32 Å². The maximum Gasteiger partial charge on any atom is 0.220 e. The smallest absolute Gasteiger partial charge is 0.220 e. The SMILES string of the molecule is CN1CCN(Cc2ccccc2Cn2cccn2)C[C@]12CCNC(=O)CC2. The minimum Gasteiger partial charge on any atom is -0.356 e. The van der Waals surface area contributed by atoms with E-state index in [0.29, 0.717) is 6.42 Å². The first-order chi connectivity index (χ1) is 13.1. The monoisotopic (exact) mass is 367 g/mol. The zero-order valence-electron chi connectivity index (χ0n) is 16.1. The normalized spacial score (nSPS) is 24.7. The zero-order valence-corrected chi connectivity index (χ0v) is 16.1. The van der Waals surface area contributed by atoms with Gasteiger partial charge < -0.3 is 5.32 Å². The topological polar surface area (TPSA) is 53.4 Å². The van der Waals surface area contributed by atoms with Gasteiger partial charge in [-0.1, -0.05) is 24.3 Å². The number of rotatable bonds is 4. The van der Waals surface area contributed by atoms with E-state index in [2.05, 4.69) is 51.5 Å². The number of benzene rings is 1. The fourth-order valence-corrected chi connectivity index (χ4v) is 4.49. The lowest BCUT2D eigenvalue weighted by Gasteiger charge is -2.49. The molecule has 0 bridgehead atoms. The van der Waals surface area contributed by atoms with Crippen molar-refractivity contribution in [2.24, 2.45) is 0 Å². The number of carbonyl (C=O) groups excluding carboxylic acids is 1. The summed E-state index contributed by atoms with van der Waals surface area (Å²) >= 11 is 0. The van der Waals surface area contributed by atoms with E-state index in [4.69, 9.17) is 0 Å². The first kappa shape index (κ1) is 18.2. The Bertz CT molecular complexity index is 775. The van der Waals surface area contributed by atoms with E-state index in [9.17, 15) is 4.79 Å². The van der Waals surface area contributed by atoms with Crippen LogP contribution in [0, 0.1) is 0 Å². The zero-order chi connectivity index (χ0) is 18.7. The van der Waals surface area contributed by atoms with Crippen molar-refractivity contribution in [1.82, 2.24) is 24.9 Å². The molecule has 2 aromatic rings. The highest BCUT2D eigenvalue weighted by Crippen LogP contribution is 2.31. The van der Waals surface area contributed by atoms with Gasteiger partial charge in [0.15, 0.2) is 0 Å². The summed E-state index contributed by atoms with van der Waals surface area (Å²) in [6.45, 7) is 5.68. The number of hydrogen-bond donors (Lipinski definition) is 1. The molecule has 2 saturated heterocycles. The molecule has 0 radical (unpaired) electrons. The van der Waals surface area contributed by atoms with Crippen molar-refractivity contribution in [3.8, 4) is 0 Å². The fourth-order valence-electron chi connectivity index (χ4n) is 4.49. The Kier molecular flexibility index (Phi) is 5.27. The minimum atomic E-state index is 0.105. The number of hydrogen-bond acceptors (Lipinski definition) is 4. The van der Waals surface area contributed by atoms with Gasteiger partial charge in [0, 0.05) is 57.1 Å². The quantitative estimate of drug-likeness (QED) is 0.894. The standard InChI is InChI=1S/C21H29N5O/c1-24-13-14-25(17-21(24)8-7-20(27)22-11-9-21)15-18-5-2-3-6-19(18)16-26-12-4-10-23-26/h2-6,10,12H,7-9,11,13-17H2,1H3,(H,22,27)/t21-/m0/s1. The maximum absolute atomic E-state index is 11.8. The molecule has 0 unspecified atom stereocenters. The van der Waals surface area contributed by atoms with E-state index >= 15 is 0 Å². The van der Waals surface area contributed by atoms with Crippen LogP contribution in [0.15, 0.2) is 42.7 Å². The van der Waals surface area contributed by atoms with Crippen molar-refractivity contribution in [3.63, 3.8) is 0 Å². The van der Waals surface area contributed by atoms with Crippen molar-refractivity contribution < 1.29 is 4.79 Å². The third-order valence-electron chi connectivity index (χ3n) is 6.21. The molecule has 3 heterocycles. The van der Waals surface area contributed by atoms with Crippen LogP contribution in [-0.4, -0.2) is 64.3 Å². The van der Waals surface area contributed by atoms with Gasteiger partial charge >= 0.3 is 0 Å². The summed E-state index contributed by atoms with van der Waals surface area (Å²) in [4.78, 5) is 16.9. The molecule has 2 aliphatic heterocycles. The van der Waals surface area contributed by atoms with Gasteiger partial charge in [0.25, 0.3) is 0 Å². The summed E-state index contributed by atoms with van der Waals surface area (Å²) in [6, 6.07) is 10.6. The number of carbonyl (C=O) groups is 1. The number of likely N-dealkylation sites (N-methyl/N-ethyl adjacent to an activating group) is 1. The van der Waals surface area contributed by atoms with Gasteiger partial charge in [-0.25, -0.2) is 0 Å². The van der Waals surface area contributed by atoms with Gasteiger partial charge in [0.05, 0.1) is 6.54 Å². The van der Waals surface area contributed by atoms with Crippen molar-refractivity contribution in [3.05, 3.63) is 53.9 Å². The molecule has 1 spiro atoms. The number of aromatic nitrogens is 2. The van der Waals surface area contributed by atoms with Crippen LogP contribution >= 0.6 is 0 Å². The van der Waals surface area contributed by atoms with Gasteiger partial charge in [-0.15, -0.1) is 0 Å². The molecule has 0 saturated carbocycles. The van der Waals surface area contributed by atoms with E-state index < -0.39 is 0 Å².